The van der Waals surface area contributed by atoms with E-state index in [-0.39, 0.29) is 19.0 Å². The third-order valence-corrected chi connectivity index (χ3v) is 6.01. The normalized spacial score (nSPS) is 14.5. The first kappa shape index (κ1) is 31.9. The minimum absolute atomic E-state index is 0. The number of rotatable bonds is 17. The van der Waals surface area contributed by atoms with Gasteiger partial charge in [-0.1, -0.05) is 77.9 Å². The number of carbonyl (C=O) groups is 2. The zero-order valence-corrected chi connectivity index (χ0v) is 21.3. The number of hydrogen-bond acceptors (Lipinski definition) is 5. The predicted molar refractivity (Wildman–Crippen MR) is 131 cm³/mol. The van der Waals surface area contributed by atoms with Gasteiger partial charge in [0, 0.05) is 17.7 Å². The van der Waals surface area contributed by atoms with Crippen molar-refractivity contribution in [3.8, 4) is 0 Å². The Morgan fingerprint density at radius 2 is 1.16 bits per heavy atom. The number of hydrogen-bond donors (Lipinski definition) is 1. The summed E-state index contributed by atoms with van der Waals surface area (Å²) >= 11 is 0. The van der Waals surface area contributed by atoms with Gasteiger partial charge in [-0.15, -0.1) is 12.4 Å². The van der Waals surface area contributed by atoms with E-state index in [9.17, 15) is 9.59 Å². The van der Waals surface area contributed by atoms with Crippen LogP contribution >= 0.6 is 12.4 Å². The maximum absolute atomic E-state index is 12.1. The van der Waals surface area contributed by atoms with Gasteiger partial charge in [-0.2, -0.15) is 0 Å². The standard InChI is InChI=1S/C25H45NO4.ClH/c1-8-9-10-11-12-13-14-15-16-17-25(18-26,21(6)29-23(27)19(2)3)22(7)30-24(28)20(4)5;/h21-22H,2,4,8-18,26H2,1,3,5-7H3;1H. The molecule has 31 heavy (non-hydrogen) atoms. The fraction of sp³-hybridized carbons (Fsp3) is 0.760. The maximum Gasteiger partial charge on any atom is 0.333 e. The number of ether oxygens (including phenoxy) is 2. The predicted octanol–water partition coefficient (Wildman–Crippen LogP) is 6.29. The van der Waals surface area contributed by atoms with Crippen molar-refractivity contribution in [2.24, 2.45) is 11.1 Å². The maximum atomic E-state index is 12.1. The van der Waals surface area contributed by atoms with Gasteiger partial charge in [0.2, 0.25) is 0 Å². The van der Waals surface area contributed by atoms with Crippen LogP contribution in [0.1, 0.15) is 98.8 Å². The summed E-state index contributed by atoms with van der Waals surface area (Å²) < 4.78 is 11.3. The van der Waals surface area contributed by atoms with E-state index in [0.717, 1.165) is 12.8 Å². The van der Waals surface area contributed by atoms with Gasteiger partial charge >= 0.3 is 11.9 Å². The zero-order valence-electron chi connectivity index (χ0n) is 20.5. The molecule has 0 radical (unpaired) electrons. The van der Waals surface area contributed by atoms with Crippen molar-refractivity contribution in [3.63, 3.8) is 0 Å². The molecular formula is C25H46ClNO4. The van der Waals surface area contributed by atoms with Crippen molar-refractivity contribution in [1.29, 1.82) is 0 Å². The summed E-state index contributed by atoms with van der Waals surface area (Å²) in [5.41, 5.74) is 6.21. The molecule has 0 spiro atoms. The first-order chi connectivity index (χ1) is 14.1. The van der Waals surface area contributed by atoms with Gasteiger partial charge in [-0.05, 0) is 34.1 Å². The molecule has 5 nitrogen and oxygen atoms in total. The fourth-order valence-electron chi connectivity index (χ4n) is 3.69. The lowest BCUT2D eigenvalue weighted by atomic mass is 9.73. The van der Waals surface area contributed by atoms with Gasteiger partial charge in [0.15, 0.2) is 0 Å². The smallest absolute Gasteiger partial charge is 0.333 e. The number of halogens is 1. The molecule has 0 aromatic rings. The molecule has 0 aliphatic carbocycles. The molecule has 0 aliphatic rings. The molecule has 182 valence electrons. The largest absolute Gasteiger partial charge is 0.459 e. The van der Waals surface area contributed by atoms with Gasteiger partial charge in [0.05, 0.1) is 5.41 Å². The van der Waals surface area contributed by atoms with E-state index in [1.807, 2.05) is 13.8 Å². The molecule has 0 saturated heterocycles. The zero-order chi connectivity index (χ0) is 23.2. The third-order valence-electron chi connectivity index (χ3n) is 6.01. The molecule has 6 heteroatoms. The van der Waals surface area contributed by atoms with Crippen LogP contribution < -0.4 is 5.73 Å². The third kappa shape index (κ3) is 11.7. The molecule has 0 fully saturated rings. The van der Waals surface area contributed by atoms with Gasteiger partial charge < -0.3 is 15.2 Å². The van der Waals surface area contributed by atoms with E-state index in [1.165, 1.54) is 44.9 Å². The number of carbonyl (C=O) groups excluding carboxylic acids is 2. The molecule has 0 bridgehead atoms. The number of nitrogens with two attached hydrogens (primary N) is 1. The molecule has 0 amide bonds. The summed E-state index contributed by atoms with van der Waals surface area (Å²) in [6.07, 6.45) is 10.6. The van der Waals surface area contributed by atoms with Crippen LogP contribution in [-0.2, 0) is 19.1 Å². The second-order valence-electron chi connectivity index (χ2n) is 8.67. The Morgan fingerprint density at radius 3 is 1.48 bits per heavy atom. The molecule has 2 N–H and O–H groups in total. The monoisotopic (exact) mass is 459 g/mol. The van der Waals surface area contributed by atoms with Gasteiger partial charge in [-0.3, -0.25) is 0 Å². The highest BCUT2D eigenvalue weighted by atomic mass is 35.5. The van der Waals surface area contributed by atoms with Crippen molar-refractivity contribution in [1.82, 2.24) is 0 Å². The minimum Gasteiger partial charge on any atom is -0.459 e. The van der Waals surface area contributed by atoms with Crippen molar-refractivity contribution in [2.45, 2.75) is 111 Å². The lowest BCUT2D eigenvalue weighted by molar-refractivity contribution is -0.166. The van der Waals surface area contributed by atoms with Crippen LogP contribution in [0.5, 0.6) is 0 Å². The summed E-state index contributed by atoms with van der Waals surface area (Å²) in [6.45, 7) is 16.7. The molecular weight excluding hydrogens is 414 g/mol. The van der Waals surface area contributed by atoms with Crippen LogP contribution in [0.3, 0.4) is 0 Å². The van der Waals surface area contributed by atoms with Crippen molar-refractivity contribution in [2.75, 3.05) is 6.54 Å². The van der Waals surface area contributed by atoms with Crippen LogP contribution in [0.25, 0.3) is 0 Å². The molecule has 0 aromatic carbocycles. The Balaban J connectivity index is 0. The second-order valence-corrected chi connectivity index (χ2v) is 8.67. The number of unbranched alkanes of at least 4 members (excludes halogenated alkanes) is 8. The quantitative estimate of drug-likeness (QED) is 0.157. The van der Waals surface area contributed by atoms with Crippen LogP contribution in [0.15, 0.2) is 24.3 Å². The Labute approximate surface area is 196 Å². The highest BCUT2D eigenvalue weighted by molar-refractivity contribution is 5.87. The summed E-state index contributed by atoms with van der Waals surface area (Å²) in [5, 5.41) is 0. The summed E-state index contributed by atoms with van der Waals surface area (Å²) in [7, 11) is 0. The Hall–Kier alpha value is -1.33. The van der Waals surface area contributed by atoms with Crippen molar-refractivity contribution in [3.05, 3.63) is 24.3 Å². The summed E-state index contributed by atoms with van der Waals surface area (Å²) in [5.74, 6) is -0.906. The van der Waals surface area contributed by atoms with Crippen LogP contribution in [0, 0.1) is 5.41 Å². The average Bonchev–Trinajstić information content (AvgIpc) is 2.69. The molecule has 0 rings (SSSR count). The Morgan fingerprint density at radius 1 is 0.806 bits per heavy atom. The Kier molecular flexibility index (Phi) is 17.7. The molecule has 2 atom stereocenters. The van der Waals surface area contributed by atoms with E-state index in [2.05, 4.69) is 20.1 Å². The summed E-state index contributed by atoms with van der Waals surface area (Å²) in [4.78, 5) is 24.2. The lowest BCUT2D eigenvalue weighted by Gasteiger charge is -2.42. The van der Waals surface area contributed by atoms with E-state index < -0.39 is 29.6 Å². The van der Waals surface area contributed by atoms with E-state index in [4.69, 9.17) is 15.2 Å². The topological polar surface area (TPSA) is 78.6 Å². The number of esters is 2. The van der Waals surface area contributed by atoms with Crippen molar-refractivity contribution >= 4 is 24.3 Å². The first-order valence-electron chi connectivity index (χ1n) is 11.5. The van der Waals surface area contributed by atoms with Gasteiger partial charge in [-0.25, -0.2) is 9.59 Å². The highest BCUT2D eigenvalue weighted by Gasteiger charge is 2.44. The first-order valence-corrected chi connectivity index (χ1v) is 11.5. The molecule has 0 aromatic heterocycles. The van der Waals surface area contributed by atoms with Crippen molar-refractivity contribution < 1.29 is 19.1 Å². The van der Waals surface area contributed by atoms with Gasteiger partial charge in [0.25, 0.3) is 0 Å². The highest BCUT2D eigenvalue weighted by Crippen LogP contribution is 2.36. The minimum atomic E-state index is -0.655. The summed E-state index contributed by atoms with van der Waals surface area (Å²) in [6, 6.07) is 0. The van der Waals surface area contributed by atoms with Crippen LogP contribution in [0.4, 0.5) is 0 Å². The van der Waals surface area contributed by atoms with Crippen LogP contribution in [0.2, 0.25) is 0 Å². The SMILES string of the molecule is C=C(C)C(=O)OC(C)C(CN)(CCCCCCCCCCC)C(C)OC(=O)C(=C)C.Cl. The molecule has 2 unspecified atom stereocenters. The average molecular weight is 460 g/mol. The van der Waals surface area contributed by atoms with E-state index in [0.29, 0.717) is 17.6 Å². The Bertz CT molecular complexity index is 528. The molecule has 0 heterocycles. The fourth-order valence-corrected chi connectivity index (χ4v) is 3.69. The second kappa shape index (κ2) is 17.3. The molecule has 0 saturated carbocycles. The molecule has 0 aliphatic heterocycles. The van der Waals surface area contributed by atoms with E-state index >= 15 is 0 Å². The van der Waals surface area contributed by atoms with Gasteiger partial charge in [0.1, 0.15) is 12.2 Å². The van der Waals surface area contributed by atoms with Crippen LogP contribution in [-0.4, -0.2) is 30.7 Å². The lowest BCUT2D eigenvalue weighted by Crippen LogP contribution is -2.51. The van der Waals surface area contributed by atoms with E-state index in [1.54, 1.807) is 13.8 Å².